The summed E-state index contributed by atoms with van der Waals surface area (Å²) < 4.78 is 27.3. The summed E-state index contributed by atoms with van der Waals surface area (Å²) in [4.78, 5) is 13.4. The van der Waals surface area contributed by atoms with Crippen LogP contribution in [-0.4, -0.2) is 40.4 Å². The Morgan fingerprint density at radius 3 is 2.33 bits per heavy atom. The quantitative estimate of drug-likeness (QED) is 0.262. The highest BCUT2D eigenvalue weighted by molar-refractivity contribution is 7.17. The summed E-state index contributed by atoms with van der Waals surface area (Å²) in [6.45, 7) is 22.4. The highest BCUT2D eigenvalue weighted by Crippen LogP contribution is 2.48. The highest BCUT2D eigenvalue weighted by atomic mass is 32.1. The van der Waals surface area contributed by atoms with E-state index in [4.69, 9.17) is 18.3 Å². The van der Waals surface area contributed by atoms with Gasteiger partial charge in [-0.2, -0.15) is 0 Å². The molecule has 1 fully saturated rings. The molecule has 3 atom stereocenters. The number of hydrogen-bond acceptors (Lipinski definition) is 6. The zero-order valence-electron chi connectivity index (χ0n) is 23.5. The maximum absolute atomic E-state index is 13.4. The summed E-state index contributed by atoms with van der Waals surface area (Å²) in [5.74, 6) is 0.338. The normalized spacial score (nSPS) is 25.2. The third kappa shape index (κ3) is 5.12. The van der Waals surface area contributed by atoms with E-state index in [1.54, 1.807) is 11.3 Å². The van der Waals surface area contributed by atoms with Crippen molar-refractivity contribution in [2.45, 2.75) is 109 Å². The van der Waals surface area contributed by atoms with E-state index < -0.39 is 34.4 Å². The smallest absolute Gasteiger partial charge is 0.342 e. The lowest BCUT2D eigenvalue weighted by Crippen LogP contribution is -2.54. The Labute approximate surface area is 222 Å². The second-order valence-electron chi connectivity index (χ2n) is 13.3. The Balaban J connectivity index is 1.69. The van der Waals surface area contributed by atoms with Gasteiger partial charge in [-0.1, -0.05) is 47.6 Å². The molecule has 8 heteroatoms. The molecule has 2 bridgehead atoms. The molecule has 1 aliphatic heterocycles. The lowest BCUT2D eigenvalue weighted by molar-refractivity contribution is -0.151. The molecule has 0 amide bonds. The van der Waals surface area contributed by atoms with Crippen LogP contribution in [0.15, 0.2) is 41.5 Å². The molecule has 1 saturated heterocycles. The zero-order chi connectivity index (χ0) is 26.7. The fraction of sp³-hybridized carbons (Fsp3) is 0.607. The van der Waals surface area contributed by atoms with Crippen LogP contribution in [0.4, 0.5) is 0 Å². The Morgan fingerprint density at radius 2 is 1.69 bits per heavy atom. The number of thiophene rings is 1. The summed E-state index contributed by atoms with van der Waals surface area (Å²) >= 11 is 1.73. The minimum Gasteiger partial charge on any atom is -0.491 e. The fourth-order valence-corrected chi connectivity index (χ4v) is 7.66. The third-order valence-corrected chi connectivity index (χ3v) is 18.3. The van der Waals surface area contributed by atoms with Crippen molar-refractivity contribution in [1.29, 1.82) is 0 Å². The SMILES string of the molecule is CC(C)(C)[Si](C)(C)O[C@@H]1C(OCc2ccc3sccc3c2)=C[C@]2(O[Si](C)(C)C(C)(C)C)C[C@H]1OC2=O. The van der Waals surface area contributed by atoms with E-state index in [9.17, 15) is 4.79 Å². The fourth-order valence-electron chi connectivity index (χ4n) is 4.19. The van der Waals surface area contributed by atoms with Gasteiger partial charge >= 0.3 is 5.97 Å². The van der Waals surface area contributed by atoms with E-state index in [2.05, 4.69) is 97.4 Å². The van der Waals surface area contributed by atoms with Gasteiger partial charge in [-0.15, -0.1) is 11.3 Å². The molecule has 5 nitrogen and oxygen atoms in total. The molecule has 2 heterocycles. The van der Waals surface area contributed by atoms with Gasteiger partial charge in [0.25, 0.3) is 0 Å². The standard InChI is InChI=1S/C28H42O5SSi2/c1-26(2,3)35(7,8)32-24-21(30-18-19-11-12-23-20(15-19)13-14-34-23)16-28(17-22(24)31-25(28)29)33-36(9,10)27(4,5)6/h11-16,22,24H,17-18H2,1-10H3/t22-,24-,28+/m1/s1. The summed E-state index contributed by atoms with van der Waals surface area (Å²) in [7, 11) is -4.45. The van der Waals surface area contributed by atoms with Crippen molar-refractivity contribution in [3.63, 3.8) is 0 Å². The molecule has 1 aromatic heterocycles. The van der Waals surface area contributed by atoms with Crippen LogP contribution >= 0.6 is 11.3 Å². The van der Waals surface area contributed by atoms with Crippen LogP contribution in [-0.2, 0) is 29.7 Å². The summed E-state index contributed by atoms with van der Waals surface area (Å²) in [5, 5.41) is 3.28. The molecular weight excluding hydrogens is 505 g/mol. The monoisotopic (exact) mass is 546 g/mol. The molecule has 1 aromatic carbocycles. The minimum atomic E-state index is -2.27. The van der Waals surface area contributed by atoms with E-state index in [1.807, 2.05) is 6.08 Å². The summed E-state index contributed by atoms with van der Waals surface area (Å²) in [6, 6.07) is 8.53. The topological polar surface area (TPSA) is 54.0 Å². The van der Waals surface area contributed by atoms with Crippen LogP contribution < -0.4 is 0 Å². The van der Waals surface area contributed by atoms with Gasteiger partial charge in [0.15, 0.2) is 22.2 Å². The van der Waals surface area contributed by atoms with Gasteiger partial charge in [0.1, 0.15) is 24.6 Å². The van der Waals surface area contributed by atoms with E-state index in [-0.39, 0.29) is 16.0 Å². The second-order valence-corrected chi connectivity index (χ2v) is 23.8. The number of rotatable bonds is 7. The lowest BCUT2D eigenvalue weighted by Gasteiger charge is -2.44. The first-order valence-corrected chi connectivity index (χ1v) is 19.5. The third-order valence-electron chi connectivity index (χ3n) is 8.50. The van der Waals surface area contributed by atoms with Crippen molar-refractivity contribution in [3.8, 4) is 0 Å². The number of carbonyl (C=O) groups excluding carboxylic acids is 1. The largest absolute Gasteiger partial charge is 0.491 e. The van der Waals surface area contributed by atoms with Gasteiger partial charge in [0.2, 0.25) is 0 Å². The average molecular weight is 547 g/mol. The molecule has 0 spiro atoms. The molecular formula is C28H42O5SSi2. The van der Waals surface area contributed by atoms with Crippen LogP contribution in [0.2, 0.25) is 36.3 Å². The maximum Gasteiger partial charge on any atom is 0.342 e. The average Bonchev–Trinajstić information content (AvgIpc) is 3.29. The van der Waals surface area contributed by atoms with Crippen molar-refractivity contribution in [2.75, 3.05) is 0 Å². The van der Waals surface area contributed by atoms with Crippen molar-refractivity contribution in [1.82, 2.24) is 0 Å². The Bertz CT molecular complexity index is 1170. The summed E-state index contributed by atoms with van der Waals surface area (Å²) in [6.07, 6.45) is 1.50. The molecule has 0 radical (unpaired) electrons. The molecule has 0 unspecified atom stereocenters. The first-order valence-electron chi connectivity index (χ1n) is 12.8. The number of benzene rings is 1. The molecule has 1 aliphatic carbocycles. The Morgan fingerprint density at radius 1 is 1.03 bits per heavy atom. The predicted octanol–water partition coefficient (Wildman–Crippen LogP) is 7.78. The van der Waals surface area contributed by atoms with Gasteiger partial charge in [0.05, 0.1) is 0 Å². The van der Waals surface area contributed by atoms with E-state index in [0.717, 1.165) is 5.56 Å². The number of ether oxygens (including phenoxy) is 2. The molecule has 0 N–H and O–H groups in total. The molecule has 0 saturated carbocycles. The first kappa shape index (κ1) is 27.6. The van der Waals surface area contributed by atoms with E-state index >= 15 is 0 Å². The predicted molar refractivity (Wildman–Crippen MR) is 152 cm³/mol. The molecule has 36 heavy (non-hydrogen) atoms. The van der Waals surface area contributed by atoms with Crippen LogP contribution in [0.1, 0.15) is 53.5 Å². The van der Waals surface area contributed by atoms with Gasteiger partial charge in [-0.05, 0) is 76.9 Å². The molecule has 198 valence electrons. The maximum atomic E-state index is 13.4. The van der Waals surface area contributed by atoms with Crippen LogP contribution in [0.5, 0.6) is 0 Å². The number of fused-ring (bicyclic) bond motifs is 3. The molecule has 2 aromatic rings. The van der Waals surface area contributed by atoms with Crippen molar-refractivity contribution in [3.05, 3.63) is 47.0 Å². The van der Waals surface area contributed by atoms with Gasteiger partial charge in [-0.3, -0.25) is 0 Å². The Kier molecular flexibility index (Phi) is 6.96. The van der Waals surface area contributed by atoms with E-state index in [1.165, 1.54) is 10.1 Å². The van der Waals surface area contributed by atoms with Crippen molar-refractivity contribution < 1.29 is 23.1 Å². The first-order chi connectivity index (χ1) is 16.4. The number of hydrogen-bond donors (Lipinski definition) is 0. The number of carbonyl (C=O) groups is 1. The highest BCUT2D eigenvalue weighted by Gasteiger charge is 2.60. The molecule has 4 rings (SSSR count). The molecule has 2 aliphatic rings. The van der Waals surface area contributed by atoms with Crippen LogP contribution in [0.25, 0.3) is 10.1 Å². The van der Waals surface area contributed by atoms with Crippen LogP contribution in [0.3, 0.4) is 0 Å². The van der Waals surface area contributed by atoms with Gasteiger partial charge in [0, 0.05) is 11.1 Å². The second kappa shape index (κ2) is 9.08. The zero-order valence-corrected chi connectivity index (χ0v) is 26.3. The van der Waals surface area contributed by atoms with Crippen molar-refractivity contribution in [2.24, 2.45) is 0 Å². The van der Waals surface area contributed by atoms with Crippen molar-refractivity contribution >= 4 is 44.0 Å². The summed E-state index contributed by atoms with van der Waals surface area (Å²) in [5.41, 5.74) is -0.0365. The van der Waals surface area contributed by atoms with Crippen LogP contribution in [0, 0.1) is 0 Å². The minimum absolute atomic E-state index is 0.0108. The van der Waals surface area contributed by atoms with E-state index in [0.29, 0.717) is 18.8 Å². The number of esters is 1. The lowest BCUT2D eigenvalue weighted by atomic mass is 9.89. The Hall–Kier alpha value is -1.46. The van der Waals surface area contributed by atoms with Gasteiger partial charge in [-0.25, -0.2) is 4.79 Å². The van der Waals surface area contributed by atoms with Gasteiger partial charge < -0.3 is 18.3 Å².